The first-order chi connectivity index (χ1) is 23.9. The monoisotopic (exact) mass is 758 g/mol. The van der Waals surface area contributed by atoms with Gasteiger partial charge in [-0.25, -0.2) is 4.57 Å². The largest absolute Gasteiger partial charge is 0.418 e. The summed E-state index contributed by atoms with van der Waals surface area (Å²) in [6, 6.07) is 2.70. The minimum atomic E-state index is -5.89. The molecule has 0 unspecified atom stereocenters. The van der Waals surface area contributed by atoms with Crippen molar-refractivity contribution in [3.8, 4) is 5.69 Å². The molecule has 0 bridgehead atoms. The average Bonchev–Trinajstić information content (AvgIpc) is 3.61. The van der Waals surface area contributed by atoms with Crippen molar-refractivity contribution in [2.24, 2.45) is 7.05 Å². The topological polar surface area (TPSA) is 156 Å². The van der Waals surface area contributed by atoms with Gasteiger partial charge in [-0.2, -0.15) is 48.9 Å². The highest BCUT2D eigenvalue weighted by Gasteiger charge is 2.47. The van der Waals surface area contributed by atoms with Crippen LogP contribution in [-0.2, 0) is 25.6 Å². The van der Waals surface area contributed by atoms with Crippen molar-refractivity contribution in [2.45, 2.75) is 18.5 Å². The van der Waals surface area contributed by atoms with Gasteiger partial charge in [-0.05, 0) is 30.3 Å². The van der Waals surface area contributed by atoms with E-state index in [0.29, 0.717) is 31.3 Å². The number of aromatic nitrogens is 4. The average molecular weight is 759 g/mol. The highest BCUT2D eigenvalue weighted by molar-refractivity contribution is 6.32. The maximum Gasteiger partial charge on any atom is 0.418 e. The van der Waals surface area contributed by atoms with Gasteiger partial charge in [0.1, 0.15) is 0 Å². The lowest BCUT2D eigenvalue weighted by atomic mass is 9.96. The quantitative estimate of drug-likeness (QED) is 0.244. The van der Waals surface area contributed by atoms with Crippen molar-refractivity contribution in [1.29, 1.82) is 0 Å². The Morgan fingerprint density at radius 2 is 0.846 bits per heavy atom. The predicted octanol–water partition coefficient (Wildman–Crippen LogP) is 2.69. The first-order valence-electron chi connectivity index (χ1n) is 13.8. The van der Waals surface area contributed by atoms with Gasteiger partial charge in [-0.15, -0.1) is 0 Å². The normalized spacial score (nSPS) is 13.1. The summed E-state index contributed by atoms with van der Waals surface area (Å²) in [5, 5.41) is -11.8. The van der Waals surface area contributed by atoms with Crippen LogP contribution in [0, 0.1) is 0 Å². The number of rotatable bonds is 2. The molecule has 22 heteroatoms. The molecule has 266 valence electrons. The van der Waals surface area contributed by atoms with E-state index in [1.165, 1.54) is 0 Å². The lowest BCUT2D eigenvalue weighted by molar-refractivity contribution is -0.137. The van der Waals surface area contributed by atoms with E-state index in [1.807, 2.05) is 0 Å². The van der Waals surface area contributed by atoms with Gasteiger partial charge in [0, 0.05) is 7.05 Å². The number of nitrogens with zero attached hydrogens (tertiary/aromatic N) is 4. The standard InChI is InChI=1S/C30H8ClF9N4O8/c1-41-24(49)14-15(25(41)50)19(30(38,39)40)17-16(18(14)29(35,36)37)26(51)44(27(17)52)43-22(47)10-5-8-9(6-11(10)23(43)48)21(46)42(20(8)45)13-4-7(28(32,33)34)2-3-12(13)31/h2-6H,1H3. The number of hydrogen-bond donors (Lipinski definition) is 0. The van der Waals surface area contributed by atoms with Gasteiger partial charge >= 0.3 is 18.5 Å². The van der Waals surface area contributed by atoms with Crippen molar-refractivity contribution in [2.75, 3.05) is 0 Å². The Labute approximate surface area is 278 Å². The van der Waals surface area contributed by atoms with Gasteiger partial charge in [0.05, 0.1) is 70.5 Å². The Bertz CT molecular complexity index is 3060. The molecule has 0 aliphatic rings. The first-order valence-corrected chi connectivity index (χ1v) is 14.2. The van der Waals surface area contributed by atoms with Gasteiger partial charge in [0.2, 0.25) is 0 Å². The maximum absolute atomic E-state index is 14.5. The summed E-state index contributed by atoms with van der Waals surface area (Å²) >= 11 is 5.96. The van der Waals surface area contributed by atoms with E-state index in [9.17, 15) is 77.9 Å². The second-order valence-electron chi connectivity index (χ2n) is 11.3. The summed E-state index contributed by atoms with van der Waals surface area (Å²) in [6.45, 7) is 0. The lowest BCUT2D eigenvalue weighted by Gasteiger charge is -2.13. The Hall–Kier alpha value is -6.12. The predicted molar refractivity (Wildman–Crippen MR) is 163 cm³/mol. The number of halogens is 10. The molecule has 0 amide bonds. The summed E-state index contributed by atoms with van der Waals surface area (Å²) in [5.41, 5.74) is -21.8. The molecule has 7 rings (SSSR count). The molecule has 0 saturated heterocycles. The molecular formula is C30H8ClF9N4O8. The van der Waals surface area contributed by atoms with Crippen LogP contribution in [0.4, 0.5) is 39.5 Å². The van der Waals surface area contributed by atoms with Crippen molar-refractivity contribution < 1.29 is 39.5 Å². The zero-order valence-corrected chi connectivity index (χ0v) is 25.5. The van der Waals surface area contributed by atoms with E-state index in [2.05, 4.69) is 0 Å². The van der Waals surface area contributed by atoms with Crippen LogP contribution in [0.15, 0.2) is 68.7 Å². The second kappa shape index (κ2) is 10.2. The Morgan fingerprint density at radius 3 is 1.23 bits per heavy atom. The van der Waals surface area contributed by atoms with Crippen LogP contribution in [0.5, 0.6) is 0 Å². The smallest absolute Gasteiger partial charge is 0.277 e. The second-order valence-corrected chi connectivity index (χ2v) is 11.7. The molecule has 3 aromatic carbocycles. The third kappa shape index (κ3) is 4.31. The molecule has 0 aliphatic carbocycles. The summed E-state index contributed by atoms with van der Waals surface area (Å²) < 4.78 is 126. The molecule has 0 saturated carbocycles. The molecule has 4 aromatic heterocycles. The van der Waals surface area contributed by atoms with E-state index in [4.69, 9.17) is 11.6 Å². The van der Waals surface area contributed by atoms with Crippen LogP contribution < -0.4 is 44.5 Å². The Kier molecular flexibility index (Phi) is 6.76. The molecule has 0 radical (unpaired) electrons. The fourth-order valence-electron chi connectivity index (χ4n) is 6.31. The van der Waals surface area contributed by atoms with Crippen molar-refractivity contribution >= 4 is 54.7 Å². The molecular weight excluding hydrogens is 751 g/mol. The first kappa shape index (κ1) is 34.3. The van der Waals surface area contributed by atoms with Crippen LogP contribution in [-0.4, -0.2) is 18.5 Å². The number of alkyl halides is 9. The minimum absolute atomic E-state index is 0.106. The van der Waals surface area contributed by atoms with E-state index in [0.717, 1.165) is 6.07 Å². The molecule has 0 fully saturated rings. The number of fused-ring (bicyclic) bond motifs is 4. The Balaban J connectivity index is 1.61. The molecule has 0 spiro atoms. The lowest BCUT2D eigenvalue weighted by Crippen LogP contribution is -2.43. The third-order valence-corrected chi connectivity index (χ3v) is 8.82. The zero-order chi connectivity index (χ0) is 38.5. The molecule has 0 aliphatic heterocycles. The van der Waals surface area contributed by atoms with E-state index < -0.39 is 143 Å². The third-order valence-electron chi connectivity index (χ3n) is 8.50. The van der Waals surface area contributed by atoms with E-state index >= 15 is 0 Å². The molecule has 4 heterocycles. The highest BCUT2D eigenvalue weighted by atomic mass is 35.5. The van der Waals surface area contributed by atoms with Crippen LogP contribution in [0.2, 0.25) is 5.02 Å². The molecule has 12 nitrogen and oxygen atoms in total. The van der Waals surface area contributed by atoms with Crippen molar-refractivity contribution in [3.05, 3.63) is 135 Å². The van der Waals surface area contributed by atoms with Gasteiger partial charge < -0.3 is 0 Å². The van der Waals surface area contributed by atoms with Crippen molar-refractivity contribution in [1.82, 2.24) is 18.5 Å². The van der Waals surface area contributed by atoms with Crippen LogP contribution in [0.25, 0.3) is 48.8 Å². The number of hydrogen-bond acceptors (Lipinski definition) is 8. The van der Waals surface area contributed by atoms with Gasteiger partial charge in [-0.1, -0.05) is 11.6 Å². The molecule has 7 aromatic rings. The fraction of sp³-hybridized carbons (Fsp3) is 0.133. The van der Waals surface area contributed by atoms with Gasteiger partial charge in [-0.3, -0.25) is 42.9 Å². The van der Waals surface area contributed by atoms with Crippen molar-refractivity contribution in [3.63, 3.8) is 0 Å². The molecule has 52 heavy (non-hydrogen) atoms. The fourth-order valence-corrected chi connectivity index (χ4v) is 6.51. The minimum Gasteiger partial charge on any atom is -0.277 e. The maximum atomic E-state index is 14.5. The summed E-state index contributed by atoms with van der Waals surface area (Å²) in [5.74, 6) is 0. The van der Waals surface area contributed by atoms with E-state index in [1.54, 1.807) is 0 Å². The van der Waals surface area contributed by atoms with Crippen LogP contribution in [0.1, 0.15) is 16.7 Å². The number of benzene rings is 3. The molecule has 0 N–H and O–H groups in total. The van der Waals surface area contributed by atoms with Crippen LogP contribution >= 0.6 is 11.6 Å². The van der Waals surface area contributed by atoms with Crippen LogP contribution in [0.3, 0.4) is 0 Å². The van der Waals surface area contributed by atoms with E-state index in [-0.39, 0.29) is 9.13 Å². The summed E-state index contributed by atoms with van der Waals surface area (Å²) in [7, 11) is 0.547. The summed E-state index contributed by atoms with van der Waals surface area (Å²) in [4.78, 5) is 106. The zero-order valence-electron chi connectivity index (χ0n) is 24.7. The SMILES string of the molecule is Cn1c(=O)c2c(C(F)(F)F)c3c(=O)n(-n4c(=O)c5cc6c(=O)n(-c7cc(C(F)(F)F)ccc7Cl)c(=O)c6cc5c4=O)c(=O)c3c(C(F)(F)F)c2c1=O. The summed E-state index contributed by atoms with van der Waals surface area (Å²) in [6.07, 6.45) is -16.7. The Morgan fingerprint density at radius 1 is 0.481 bits per heavy atom. The highest BCUT2D eigenvalue weighted by Crippen LogP contribution is 2.43. The van der Waals surface area contributed by atoms with Gasteiger partial charge in [0.25, 0.3) is 44.5 Å². The molecule has 0 atom stereocenters. The van der Waals surface area contributed by atoms with Gasteiger partial charge in [0.15, 0.2) is 0 Å².